The number of H-pyrrole nitrogens is 1. The number of aromatic amines is 1. The molecule has 5 aromatic rings. The molecule has 6 rings (SSSR count). The Balaban J connectivity index is 1.47. The minimum Gasteiger partial charge on any atom is -0.358 e. The van der Waals surface area contributed by atoms with Crippen LogP contribution in [0.2, 0.25) is 0 Å². The Bertz CT molecular complexity index is 1720. The molecular weight excluding hydrogens is 417 g/mol. The van der Waals surface area contributed by atoms with E-state index in [2.05, 4.69) is 42.5 Å². The highest BCUT2D eigenvalue weighted by molar-refractivity contribution is 5.85. The van der Waals surface area contributed by atoms with Crippen LogP contribution in [0.5, 0.6) is 0 Å². The fourth-order valence-corrected chi connectivity index (χ4v) is 4.49. The molecule has 0 bridgehead atoms. The number of allylic oxidation sites excluding steroid dienone is 1. The first-order chi connectivity index (χ1) is 18.2. The smallest absolute Gasteiger partial charge is 0.228 e. The number of rotatable bonds is 4. The summed E-state index contributed by atoms with van der Waals surface area (Å²) in [5.74, 6) is -0.176. The van der Waals surface area contributed by atoms with Gasteiger partial charge in [0.2, 0.25) is 5.95 Å². The molecule has 4 heterocycles. The van der Waals surface area contributed by atoms with E-state index in [4.69, 9.17) is 6.85 Å². The van der Waals surface area contributed by atoms with Crippen LogP contribution in [0.1, 0.15) is 36.9 Å². The van der Waals surface area contributed by atoms with E-state index in [0.29, 0.717) is 5.56 Å². The van der Waals surface area contributed by atoms with Crippen molar-refractivity contribution in [1.82, 2.24) is 29.5 Å². The largest absolute Gasteiger partial charge is 0.358 e. The van der Waals surface area contributed by atoms with Gasteiger partial charge in [-0.2, -0.15) is 14.6 Å². The average Bonchev–Trinajstić information content (AvgIpc) is 3.44. The number of fused-ring (bicyclic) bond motifs is 4. The van der Waals surface area contributed by atoms with Crippen LogP contribution in [0.15, 0.2) is 55.5 Å². The zero-order chi connectivity index (χ0) is 26.6. The lowest BCUT2D eigenvalue weighted by molar-refractivity contribution is 0.599. The first kappa shape index (κ1) is 14.9. The number of nitrogens with one attached hydrogen (secondary N) is 2. The van der Waals surface area contributed by atoms with Gasteiger partial charge in [-0.05, 0) is 49.4 Å². The Hall–Kier alpha value is -4.07. The minimum atomic E-state index is -2.74. The molecule has 7 nitrogen and oxygen atoms in total. The molecule has 33 heavy (non-hydrogen) atoms. The summed E-state index contributed by atoms with van der Waals surface area (Å²) in [5, 5.41) is 8.92. The molecule has 8 heteroatoms. The Kier molecular flexibility index (Phi) is 3.39. The first-order valence-corrected chi connectivity index (χ1v) is 10.6. The standard InChI is InChI=1S/C25H22FN7/c1-14(2)20-13-28-33-24(20)31-23(15-9-16(26)12-27-11-15)32-25(33)29-17-7-8-22-19(10-17)18-5-3-4-6-21(18)30-22/h3-6,9,11-13,17,30H,1,7-8,10H2,2H3,(H,29,31,32)/t17-/m1/s1/i1D2,2D3. The van der Waals surface area contributed by atoms with Gasteiger partial charge in [0.05, 0.1) is 15.1 Å². The van der Waals surface area contributed by atoms with Crippen molar-refractivity contribution in [3.05, 3.63) is 78.1 Å². The summed E-state index contributed by atoms with van der Waals surface area (Å²) in [6.07, 6.45) is 6.10. The van der Waals surface area contributed by atoms with E-state index in [9.17, 15) is 4.39 Å². The topological polar surface area (TPSA) is 83.8 Å². The van der Waals surface area contributed by atoms with E-state index in [1.165, 1.54) is 39.6 Å². The molecule has 1 aliphatic carbocycles. The van der Waals surface area contributed by atoms with Crippen LogP contribution >= 0.6 is 0 Å². The summed E-state index contributed by atoms with van der Waals surface area (Å²) in [6.45, 7) is -3.60. The average molecular weight is 445 g/mol. The summed E-state index contributed by atoms with van der Waals surface area (Å²) in [7, 11) is 0. The van der Waals surface area contributed by atoms with Crippen molar-refractivity contribution in [2.75, 3.05) is 5.32 Å². The highest BCUT2D eigenvalue weighted by atomic mass is 19.1. The van der Waals surface area contributed by atoms with E-state index >= 15 is 0 Å². The summed E-state index contributed by atoms with van der Waals surface area (Å²) >= 11 is 0. The van der Waals surface area contributed by atoms with Crippen molar-refractivity contribution in [3.63, 3.8) is 0 Å². The summed E-state index contributed by atoms with van der Waals surface area (Å²) in [4.78, 5) is 16.5. The van der Waals surface area contributed by atoms with Crippen molar-refractivity contribution >= 4 is 28.1 Å². The van der Waals surface area contributed by atoms with Crippen molar-refractivity contribution in [2.24, 2.45) is 0 Å². The van der Waals surface area contributed by atoms with Crippen LogP contribution in [0.4, 0.5) is 10.3 Å². The molecule has 0 spiro atoms. The third kappa shape index (κ3) is 3.34. The van der Waals surface area contributed by atoms with Crippen molar-refractivity contribution in [1.29, 1.82) is 0 Å². The number of nitrogens with zero attached hydrogens (tertiary/aromatic N) is 5. The van der Waals surface area contributed by atoms with E-state index in [1.54, 1.807) is 0 Å². The van der Waals surface area contributed by atoms with Gasteiger partial charge in [-0.3, -0.25) is 4.98 Å². The van der Waals surface area contributed by atoms with Gasteiger partial charge in [-0.1, -0.05) is 24.7 Å². The molecule has 2 N–H and O–H groups in total. The zero-order valence-electron chi connectivity index (χ0n) is 22.4. The Morgan fingerprint density at radius 2 is 2.24 bits per heavy atom. The lowest BCUT2D eigenvalue weighted by Gasteiger charge is -2.24. The number of pyridine rings is 1. The molecule has 1 atom stereocenters. The lowest BCUT2D eigenvalue weighted by Crippen LogP contribution is -2.29. The Labute approximate surface area is 196 Å². The number of halogens is 1. The van der Waals surface area contributed by atoms with Crippen molar-refractivity contribution in [3.8, 4) is 11.4 Å². The molecule has 0 fully saturated rings. The molecule has 0 amide bonds. The van der Waals surface area contributed by atoms with Gasteiger partial charge in [-0.15, -0.1) is 0 Å². The quantitative estimate of drug-likeness (QED) is 0.416. The fourth-order valence-electron chi connectivity index (χ4n) is 4.49. The predicted octanol–water partition coefficient (Wildman–Crippen LogP) is 4.81. The van der Waals surface area contributed by atoms with Crippen molar-refractivity contribution < 1.29 is 11.2 Å². The van der Waals surface area contributed by atoms with Gasteiger partial charge in [0, 0.05) is 44.1 Å². The molecule has 1 aromatic carbocycles. The molecule has 0 unspecified atom stereocenters. The lowest BCUT2D eigenvalue weighted by atomic mass is 9.91. The van der Waals surface area contributed by atoms with Gasteiger partial charge in [-0.25, -0.2) is 9.37 Å². The van der Waals surface area contributed by atoms with E-state index in [1.807, 2.05) is 12.1 Å². The van der Waals surface area contributed by atoms with Crippen LogP contribution in [0.25, 0.3) is 33.5 Å². The zero-order valence-corrected chi connectivity index (χ0v) is 17.4. The van der Waals surface area contributed by atoms with Gasteiger partial charge in [0.1, 0.15) is 5.82 Å². The highest BCUT2D eigenvalue weighted by Crippen LogP contribution is 2.31. The van der Waals surface area contributed by atoms with Crippen LogP contribution in [0, 0.1) is 5.82 Å². The maximum absolute atomic E-state index is 14.0. The summed E-state index contributed by atoms with van der Waals surface area (Å²) in [5.41, 5.74) is 3.44. The second-order valence-corrected chi connectivity index (χ2v) is 8.14. The number of aromatic nitrogens is 6. The Morgan fingerprint density at radius 1 is 1.30 bits per heavy atom. The van der Waals surface area contributed by atoms with E-state index in [0.717, 1.165) is 31.0 Å². The van der Waals surface area contributed by atoms with Gasteiger partial charge < -0.3 is 10.3 Å². The predicted molar refractivity (Wildman–Crippen MR) is 126 cm³/mol. The molecule has 0 saturated heterocycles. The molecule has 164 valence electrons. The minimum absolute atomic E-state index is 0.0172. The van der Waals surface area contributed by atoms with Crippen LogP contribution < -0.4 is 5.32 Å². The van der Waals surface area contributed by atoms with E-state index in [-0.39, 0.29) is 29.0 Å². The fraction of sp³-hybridized carbons (Fsp3) is 0.200. The number of aryl methyl sites for hydroxylation is 1. The molecule has 0 radical (unpaired) electrons. The SMILES string of the molecule is [2H]C([2H])=C(c1cnn2c(N[C@@H]3CCc4[nH]c5ccccc5c4C3)nc(-c3cncc(F)c3)nc12)C([2H])([2H])[2H]. The van der Waals surface area contributed by atoms with Crippen LogP contribution in [-0.4, -0.2) is 35.6 Å². The number of benzene rings is 1. The van der Waals surface area contributed by atoms with Crippen LogP contribution in [0.3, 0.4) is 0 Å². The Morgan fingerprint density at radius 3 is 3.12 bits per heavy atom. The molecule has 1 aliphatic rings. The van der Waals surface area contributed by atoms with Gasteiger partial charge >= 0.3 is 0 Å². The monoisotopic (exact) mass is 444 g/mol. The van der Waals surface area contributed by atoms with Crippen LogP contribution in [-0.2, 0) is 12.8 Å². The van der Waals surface area contributed by atoms with E-state index < -0.39 is 24.8 Å². The number of para-hydroxylation sites is 1. The normalized spacial score (nSPS) is 18.1. The summed E-state index contributed by atoms with van der Waals surface area (Å²) < 4.78 is 54.6. The third-order valence-electron chi connectivity index (χ3n) is 6.03. The first-order valence-electron chi connectivity index (χ1n) is 13.1. The van der Waals surface area contributed by atoms with Gasteiger partial charge in [0.25, 0.3) is 0 Å². The highest BCUT2D eigenvalue weighted by Gasteiger charge is 2.24. The van der Waals surface area contributed by atoms with Crippen molar-refractivity contribution in [2.45, 2.75) is 32.2 Å². The van der Waals surface area contributed by atoms with Gasteiger partial charge in [0.15, 0.2) is 11.5 Å². The second-order valence-electron chi connectivity index (χ2n) is 8.14. The second kappa shape index (κ2) is 7.51. The molecule has 0 aliphatic heterocycles. The maximum atomic E-state index is 14.0. The maximum Gasteiger partial charge on any atom is 0.228 e. The summed E-state index contributed by atoms with van der Waals surface area (Å²) in [6, 6.07) is 9.36. The number of hydrogen-bond donors (Lipinski definition) is 2. The third-order valence-corrected chi connectivity index (χ3v) is 6.03. The number of hydrogen-bond acceptors (Lipinski definition) is 5. The number of anilines is 1. The molecule has 0 saturated carbocycles. The molecular formula is C25H22FN7. The molecule has 4 aromatic heterocycles.